The van der Waals surface area contributed by atoms with E-state index in [2.05, 4.69) is 21.2 Å². The largest absolute Gasteiger partial charge is 0.332 e. The SMILES string of the molecule is O=C1NC2(CCN1c1ccc(Br)cc1)CC2. The van der Waals surface area contributed by atoms with Crippen molar-refractivity contribution in [3.8, 4) is 0 Å². The molecule has 1 spiro atoms. The van der Waals surface area contributed by atoms with E-state index in [4.69, 9.17) is 0 Å². The molecule has 1 aliphatic heterocycles. The van der Waals surface area contributed by atoms with E-state index in [0.29, 0.717) is 0 Å². The molecule has 0 aromatic heterocycles. The van der Waals surface area contributed by atoms with Crippen LogP contribution in [0.25, 0.3) is 0 Å². The number of hydrogen-bond acceptors (Lipinski definition) is 1. The molecule has 0 unspecified atom stereocenters. The van der Waals surface area contributed by atoms with Gasteiger partial charge in [-0.25, -0.2) is 4.79 Å². The van der Waals surface area contributed by atoms with Gasteiger partial charge in [0.2, 0.25) is 0 Å². The van der Waals surface area contributed by atoms with Gasteiger partial charge in [-0.1, -0.05) is 15.9 Å². The first-order valence-corrected chi connectivity index (χ1v) is 6.33. The second-order valence-corrected chi connectivity index (χ2v) is 5.50. The zero-order valence-electron chi connectivity index (χ0n) is 8.87. The Morgan fingerprint density at radius 2 is 1.88 bits per heavy atom. The molecule has 3 nitrogen and oxygen atoms in total. The summed E-state index contributed by atoms with van der Waals surface area (Å²) in [5.41, 5.74) is 1.12. The predicted molar refractivity (Wildman–Crippen MR) is 66.6 cm³/mol. The van der Waals surface area contributed by atoms with E-state index in [1.807, 2.05) is 29.2 Å². The maximum Gasteiger partial charge on any atom is 0.322 e. The summed E-state index contributed by atoms with van der Waals surface area (Å²) in [4.78, 5) is 13.8. The van der Waals surface area contributed by atoms with Crippen molar-refractivity contribution in [2.45, 2.75) is 24.8 Å². The maximum absolute atomic E-state index is 11.9. The van der Waals surface area contributed by atoms with Crippen molar-refractivity contribution in [3.63, 3.8) is 0 Å². The number of benzene rings is 1. The summed E-state index contributed by atoms with van der Waals surface area (Å²) in [6, 6.07) is 7.91. The summed E-state index contributed by atoms with van der Waals surface area (Å²) in [6.07, 6.45) is 3.36. The Bertz CT molecular complexity index is 425. The molecule has 1 aliphatic carbocycles. The van der Waals surface area contributed by atoms with Crippen molar-refractivity contribution in [1.82, 2.24) is 5.32 Å². The van der Waals surface area contributed by atoms with Gasteiger partial charge in [0, 0.05) is 22.2 Å². The van der Waals surface area contributed by atoms with Gasteiger partial charge in [-0.15, -0.1) is 0 Å². The van der Waals surface area contributed by atoms with Crippen molar-refractivity contribution in [2.24, 2.45) is 0 Å². The average Bonchev–Trinajstić information content (AvgIpc) is 3.00. The van der Waals surface area contributed by atoms with Gasteiger partial charge >= 0.3 is 6.03 Å². The summed E-state index contributed by atoms with van der Waals surface area (Å²) in [7, 11) is 0. The van der Waals surface area contributed by atoms with Gasteiger partial charge in [-0.2, -0.15) is 0 Å². The monoisotopic (exact) mass is 280 g/mol. The molecule has 2 aliphatic rings. The summed E-state index contributed by atoms with van der Waals surface area (Å²) in [5, 5.41) is 3.11. The van der Waals surface area contributed by atoms with Gasteiger partial charge in [0.15, 0.2) is 0 Å². The molecular formula is C12H13BrN2O. The Balaban J connectivity index is 1.80. The molecule has 2 amide bonds. The van der Waals surface area contributed by atoms with E-state index in [0.717, 1.165) is 36.0 Å². The number of hydrogen-bond donors (Lipinski definition) is 1. The summed E-state index contributed by atoms with van der Waals surface area (Å²) >= 11 is 3.39. The number of carbonyl (C=O) groups excluding carboxylic acids is 1. The average molecular weight is 281 g/mol. The minimum atomic E-state index is 0.0473. The quantitative estimate of drug-likeness (QED) is 0.843. The molecule has 1 saturated carbocycles. The number of nitrogens with zero attached hydrogens (tertiary/aromatic N) is 1. The summed E-state index contributed by atoms with van der Waals surface area (Å²) < 4.78 is 1.03. The lowest BCUT2D eigenvalue weighted by Crippen LogP contribution is -2.53. The molecule has 1 N–H and O–H groups in total. The Morgan fingerprint density at radius 3 is 2.44 bits per heavy atom. The van der Waals surface area contributed by atoms with Crippen LogP contribution in [0.3, 0.4) is 0 Å². The van der Waals surface area contributed by atoms with Gasteiger partial charge in [0.1, 0.15) is 0 Å². The fourth-order valence-electron chi connectivity index (χ4n) is 2.18. The highest BCUT2D eigenvalue weighted by Crippen LogP contribution is 2.41. The van der Waals surface area contributed by atoms with Crippen LogP contribution in [0.2, 0.25) is 0 Å². The van der Waals surface area contributed by atoms with Crippen molar-refractivity contribution >= 4 is 27.6 Å². The molecule has 1 aromatic rings. The van der Waals surface area contributed by atoms with Crippen LogP contribution in [-0.4, -0.2) is 18.1 Å². The molecule has 4 heteroatoms. The molecule has 0 bridgehead atoms. The highest BCUT2D eigenvalue weighted by Gasteiger charge is 2.47. The highest BCUT2D eigenvalue weighted by atomic mass is 79.9. The number of halogens is 1. The first-order valence-electron chi connectivity index (χ1n) is 5.54. The molecule has 1 aromatic carbocycles. The van der Waals surface area contributed by atoms with Crippen molar-refractivity contribution in [2.75, 3.05) is 11.4 Å². The first kappa shape index (κ1) is 10.1. The van der Waals surface area contributed by atoms with Crippen LogP contribution in [0, 0.1) is 0 Å². The van der Waals surface area contributed by atoms with Crippen LogP contribution >= 0.6 is 15.9 Å². The minimum absolute atomic E-state index is 0.0473. The van der Waals surface area contributed by atoms with E-state index in [9.17, 15) is 4.79 Å². The molecule has 2 fully saturated rings. The van der Waals surface area contributed by atoms with Crippen LogP contribution in [0.1, 0.15) is 19.3 Å². The number of nitrogens with one attached hydrogen (secondary N) is 1. The fourth-order valence-corrected chi connectivity index (χ4v) is 2.44. The minimum Gasteiger partial charge on any atom is -0.332 e. The number of rotatable bonds is 1. The molecule has 3 rings (SSSR count). The molecule has 0 atom stereocenters. The molecule has 84 valence electrons. The van der Waals surface area contributed by atoms with E-state index < -0.39 is 0 Å². The van der Waals surface area contributed by atoms with E-state index >= 15 is 0 Å². The highest BCUT2D eigenvalue weighted by molar-refractivity contribution is 9.10. The Labute approximate surface area is 103 Å². The van der Waals surface area contributed by atoms with Crippen LogP contribution in [0.15, 0.2) is 28.7 Å². The van der Waals surface area contributed by atoms with E-state index in [1.165, 1.54) is 0 Å². The number of carbonyl (C=O) groups is 1. The van der Waals surface area contributed by atoms with Gasteiger partial charge < -0.3 is 5.32 Å². The Kier molecular flexibility index (Phi) is 2.21. The lowest BCUT2D eigenvalue weighted by molar-refractivity contribution is 0.234. The molecule has 1 saturated heterocycles. The Morgan fingerprint density at radius 1 is 1.19 bits per heavy atom. The first-order chi connectivity index (χ1) is 7.69. The van der Waals surface area contributed by atoms with E-state index in [1.54, 1.807) is 0 Å². The van der Waals surface area contributed by atoms with Crippen molar-refractivity contribution in [3.05, 3.63) is 28.7 Å². The maximum atomic E-state index is 11.9. The van der Waals surface area contributed by atoms with Gasteiger partial charge in [-0.05, 0) is 43.5 Å². The Hall–Kier alpha value is -1.03. The van der Waals surface area contributed by atoms with Crippen LogP contribution in [-0.2, 0) is 0 Å². The van der Waals surface area contributed by atoms with Crippen LogP contribution in [0.4, 0.5) is 10.5 Å². The predicted octanol–water partition coefficient (Wildman–Crippen LogP) is 2.90. The van der Waals surface area contributed by atoms with Gasteiger partial charge in [0.05, 0.1) is 0 Å². The second-order valence-electron chi connectivity index (χ2n) is 4.59. The number of anilines is 1. The van der Waals surface area contributed by atoms with Crippen LogP contribution in [0.5, 0.6) is 0 Å². The summed E-state index contributed by atoms with van der Waals surface area (Å²) in [5.74, 6) is 0. The third kappa shape index (κ3) is 1.71. The van der Waals surface area contributed by atoms with Gasteiger partial charge in [-0.3, -0.25) is 4.90 Å². The number of amides is 2. The second kappa shape index (κ2) is 3.48. The van der Waals surface area contributed by atoms with Gasteiger partial charge in [0.25, 0.3) is 0 Å². The standard InChI is InChI=1S/C12H13BrN2O/c13-9-1-3-10(4-2-9)15-8-7-12(5-6-12)14-11(15)16/h1-4H,5-8H2,(H,14,16). The van der Waals surface area contributed by atoms with Crippen molar-refractivity contribution < 1.29 is 4.79 Å². The third-order valence-corrected chi connectivity index (χ3v) is 3.95. The third-order valence-electron chi connectivity index (χ3n) is 3.42. The zero-order chi connectivity index (χ0) is 11.2. The zero-order valence-corrected chi connectivity index (χ0v) is 10.5. The molecule has 1 heterocycles. The lowest BCUT2D eigenvalue weighted by Gasteiger charge is -2.33. The molecular weight excluding hydrogens is 268 g/mol. The smallest absolute Gasteiger partial charge is 0.322 e. The topological polar surface area (TPSA) is 32.3 Å². The normalized spacial score (nSPS) is 22.1. The lowest BCUT2D eigenvalue weighted by atomic mass is 10.1. The van der Waals surface area contributed by atoms with E-state index in [-0.39, 0.29) is 11.6 Å². The molecule has 0 radical (unpaired) electrons. The van der Waals surface area contributed by atoms with Crippen LogP contribution < -0.4 is 10.2 Å². The molecule has 16 heavy (non-hydrogen) atoms. The summed E-state index contributed by atoms with van der Waals surface area (Å²) in [6.45, 7) is 0.827. The fraction of sp³-hybridized carbons (Fsp3) is 0.417. The van der Waals surface area contributed by atoms with Crippen molar-refractivity contribution in [1.29, 1.82) is 0 Å². The number of urea groups is 1.